The van der Waals surface area contributed by atoms with Crippen LogP contribution in [0.15, 0.2) is 17.1 Å². The predicted molar refractivity (Wildman–Crippen MR) is 115 cm³/mol. The molecule has 0 aliphatic carbocycles. The van der Waals surface area contributed by atoms with Crippen LogP contribution in [0, 0.1) is 11.3 Å². The lowest BCUT2D eigenvalue weighted by Crippen LogP contribution is -2.12. The minimum Gasteiger partial charge on any atom is -0.369 e. The summed E-state index contributed by atoms with van der Waals surface area (Å²) < 4.78 is 51.8. The number of hydrogen-bond donors (Lipinski definition) is 0. The second kappa shape index (κ2) is 10.6. The van der Waals surface area contributed by atoms with Gasteiger partial charge in [0.2, 0.25) is 8.38 Å². The average molecular weight is 496 g/mol. The van der Waals surface area contributed by atoms with Crippen LogP contribution in [0.2, 0.25) is 10.0 Å². The molecule has 168 valence electrons. The third-order valence-electron chi connectivity index (χ3n) is 3.58. The van der Waals surface area contributed by atoms with Crippen LogP contribution in [-0.2, 0) is 15.2 Å². The fourth-order valence-corrected chi connectivity index (χ4v) is 4.45. The zero-order valence-electron chi connectivity index (χ0n) is 17.0. The van der Waals surface area contributed by atoms with Crippen LogP contribution in [0.25, 0.3) is 5.69 Å². The maximum absolute atomic E-state index is 13.1. The van der Waals surface area contributed by atoms with Crippen molar-refractivity contribution in [1.82, 2.24) is 14.7 Å². The van der Waals surface area contributed by atoms with Gasteiger partial charge in [0.1, 0.15) is 17.1 Å². The summed E-state index contributed by atoms with van der Waals surface area (Å²) in [4.78, 5) is 5.99. The maximum Gasteiger partial charge on any atom is 0.416 e. The SMILES string of the molecule is CCOP(OCC)c1c(C#N)nn(-c2c(Cl)cc(C(F)(F)F)cc2Cl)c1N=CN(C)C. The lowest BCUT2D eigenvalue weighted by atomic mass is 10.2. The normalized spacial score (nSPS) is 12.0. The van der Waals surface area contributed by atoms with Gasteiger partial charge in [0.15, 0.2) is 11.5 Å². The van der Waals surface area contributed by atoms with Crippen molar-refractivity contribution in [2.45, 2.75) is 20.0 Å². The van der Waals surface area contributed by atoms with Gasteiger partial charge in [0.25, 0.3) is 0 Å². The molecule has 0 aliphatic heterocycles. The van der Waals surface area contributed by atoms with Crippen LogP contribution in [0.3, 0.4) is 0 Å². The summed E-state index contributed by atoms with van der Waals surface area (Å²) in [6.07, 6.45) is -3.20. The van der Waals surface area contributed by atoms with Gasteiger partial charge in [-0.15, -0.1) is 0 Å². The topological polar surface area (TPSA) is 75.7 Å². The van der Waals surface area contributed by atoms with Gasteiger partial charge in [-0.3, -0.25) is 0 Å². The summed E-state index contributed by atoms with van der Waals surface area (Å²) in [6, 6.07) is 3.44. The Morgan fingerprint density at radius 3 is 2.19 bits per heavy atom. The number of halogens is 5. The monoisotopic (exact) mass is 495 g/mol. The van der Waals surface area contributed by atoms with Crippen LogP contribution >= 0.6 is 31.6 Å². The number of alkyl halides is 3. The Balaban J connectivity index is 2.84. The van der Waals surface area contributed by atoms with Crippen molar-refractivity contribution < 1.29 is 22.2 Å². The summed E-state index contributed by atoms with van der Waals surface area (Å²) in [5, 5.41) is 13.5. The van der Waals surface area contributed by atoms with Gasteiger partial charge < -0.3 is 13.9 Å². The summed E-state index contributed by atoms with van der Waals surface area (Å²) in [5.74, 6) is 0.113. The smallest absolute Gasteiger partial charge is 0.369 e. The first-order valence-electron chi connectivity index (χ1n) is 8.91. The molecule has 0 saturated carbocycles. The fourth-order valence-electron chi connectivity index (χ4n) is 2.42. The summed E-state index contributed by atoms with van der Waals surface area (Å²) in [6.45, 7) is 4.11. The molecule has 1 aromatic carbocycles. The van der Waals surface area contributed by atoms with E-state index in [1.807, 2.05) is 6.07 Å². The first-order valence-corrected chi connectivity index (χ1v) is 10.8. The number of aromatic nitrogens is 2. The zero-order chi connectivity index (χ0) is 23.3. The molecular weight excluding hydrogens is 477 g/mol. The second-order valence-electron chi connectivity index (χ2n) is 6.13. The Hall–Kier alpha value is -1.89. The molecule has 0 N–H and O–H groups in total. The van der Waals surface area contributed by atoms with Crippen molar-refractivity contribution in [2.75, 3.05) is 27.3 Å². The van der Waals surface area contributed by atoms with Gasteiger partial charge in [-0.25, -0.2) is 9.67 Å². The number of benzene rings is 1. The van der Waals surface area contributed by atoms with Gasteiger partial charge in [0, 0.05) is 14.1 Å². The van der Waals surface area contributed by atoms with Crippen molar-refractivity contribution in [3.05, 3.63) is 33.4 Å². The number of nitrogens with zero attached hydrogens (tertiary/aromatic N) is 5. The van der Waals surface area contributed by atoms with E-state index in [2.05, 4.69) is 10.1 Å². The first-order chi connectivity index (χ1) is 14.5. The van der Waals surface area contributed by atoms with Crippen molar-refractivity contribution in [3.8, 4) is 11.8 Å². The van der Waals surface area contributed by atoms with E-state index in [4.69, 9.17) is 32.2 Å². The molecule has 0 amide bonds. The summed E-state index contributed by atoms with van der Waals surface area (Å²) in [7, 11) is 1.69. The van der Waals surface area contributed by atoms with Gasteiger partial charge in [-0.05, 0) is 26.0 Å². The Labute approximate surface area is 188 Å². The Kier molecular flexibility index (Phi) is 8.69. The Morgan fingerprint density at radius 1 is 1.23 bits per heavy atom. The highest BCUT2D eigenvalue weighted by atomic mass is 35.5. The number of rotatable bonds is 8. The molecule has 0 aliphatic rings. The second-order valence-corrected chi connectivity index (χ2v) is 8.42. The van der Waals surface area contributed by atoms with E-state index in [0.29, 0.717) is 13.2 Å². The minimum absolute atomic E-state index is 0.0482. The van der Waals surface area contributed by atoms with Crippen LogP contribution in [0.4, 0.5) is 19.0 Å². The van der Waals surface area contributed by atoms with Crippen molar-refractivity contribution >= 4 is 49.0 Å². The van der Waals surface area contributed by atoms with Crippen molar-refractivity contribution in [2.24, 2.45) is 4.99 Å². The van der Waals surface area contributed by atoms with Crippen LogP contribution in [0.1, 0.15) is 25.1 Å². The molecule has 0 unspecified atom stereocenters. The molecule has 0 fully saturated rings. The number of aliphatic imine (C=N–C) groups is 1. The predicted octanol–water partition coefficient (Wildman–Crippen LogP) is 5.30. The van der Waals surface area contributed by atoms with Gasteiger partial charge in [0.05, 0.1) is 35.2 Å². The number of nitriles is 1. The number of hydrogen-bond acceptors (Lipinski definition) is 5. The van der Waals surface area contributed by atoms with E-state index in [1.165, 1.54) is 6.34 Å². The van der Waals surface area contributed by atoms with Crippen LogP contribution < -0.4 is 5.30 Å². The molecule has 0 bridgehead atoms. The van der Waals surface area contributed by atoms with E-state index in [1.54, 1.807) is 32.8 Å². The van der Waals surface area contributed by atoms with E-state index in [0.717, 1.165) is 16.8 Å². The molecule has 13 heteroatoms. The summed E-state index contributed by atoms with van der Waals surface area (Å²) in [5.41, 5.74) is -1.12. The third-order valence-corrected chi connectivity index (χ3v) is 5.92. The van der Waals surface area contributed by atoms with Gasteiger partial charge in [-0.1, -0.05) is 23.2 Å². The highest BCUT2D eigenvalue weighted by Gasteiger charge is 2.34. The molecule has 1 heterocycles. The molecular formula is C18H19Cl2F3N5O2P. The molecule has 31 heavy (non-hydrogen) atoms. The molecule has 0 radical (unpaired) electrons. The lowest BCUT2D eigenvalue weighted by Gasteiger charge is -2.17. The first kappa shape index (κ1) is 25.4. The molecule has 0 saturated heterocycles. The van der Waals surface area contributed by atoms with E-state index < -0.39 is 20.1 Å². The standard InChI is InChI=1S/C18H19Cl2F3N5O2P/c1-5-29-31(30-6-2)16-14(9-24)26-28(17(16)25-10-27(3)4)15-12(19)7-11(8-13(15)20)18(21,22)23/h7-8,10H,5-6H2,1-4H3. The highest BCUT2D eigenvalue weighted by Crippen LogP contribution is 2.44. The van der Waals surface area contributed by atoms with Crippen molar-refractivity contribution in [3.63, 3.8) is 0 Å². The quantitative estimate of drug-likeness (QED) is 0.282. The fraction of sp³-hybridized carbons (Fsp3) is 0.389. The van der Waals surface area contributed by atoms with E-state index in [-0.39, 0.29) is 32.5 Å². The minimum atomic E-state index is -4.64. The average Bonchev–Trinajstić information content (AvgIpc) is 3.03. The van der Waals surface area contributed by atoms with Crippen LogP contribution in [0.5, 0.6) is 0 Å². The van der Waals surface area contributed by atoms with E-state index in [9.17, 15) is 18.4 Å². The Bertz CT molecular complexity index is 976. The van der Waals surface area contributed by atoms with E-state index >= 15 is 0 Å². The third kappa shape index (κ3) is 5.88. The molecule has 0 atom stereocenters. The molecule has 7 nitrogen and oxygen atoms in total. The van der Waals surface area contributed by atoms with Gasteiger partial charge in [-0.2, -0.15) is 23.5 Å². The summed E-state index contributed by atoms with van der Waals surface area (Å²) >= 11 is 12.3. The maximum atomic E-state index is 13.1. The molecule has 2 rings (SSSR count). The molecule has 2 aromatic rings. The Morgan fingerprint density at radius 2 is 1.77 bits per heavy atom. The largest absolute Gasteiger partial charge is 0.416 e. The van der Waals surface area contributed by atoms with Crippen molar-refractivity contribution in [1.29, 1.82) is 5.26 Å². The highest BCUT2D eigenvalue weighted by molar-refractivity contribution is 7.56. The molecule has 0 spiro atoms. The van der Waals surface area contributed by atoms with Crippen LogP contribution in [-0.4, -0.2) is 48.3 Å². The van der Waals surface area contributed by atoms with Gasteiger partial charge >= 0.3 is 6.18 Å². The lowest BCUT2D eigenvalue weighted by molar-refractivity contribution is -0.137. The molecule has 1 aromatic heterocycles. The zero-order valence-corrected chi connectivity index (χ0v) is 19.4.